The number of fused-ring (bicyclic) bond motifs is 2. The van der Waals surface area contributed by atoms with E-state index in [-0.39, 0.29) is 5.56 Å². The Hall–Kier alpha value is -3.38. The highest BCUT2D eigenvalue weighted by atomic mass is 16.4. The molecule has 5 atom stereocenters. The Bertz CT molecular complexity index is 1230. The van der Waals surface area contributed by atoms with Crippen molar-refractivity contribution in [2.75, 3.05) is 14.1 Å². The molecular weight excluding hydrogens is 436 g/mol. The number of nitrogens with two attached hydrogens (primary N) is 1. The van der Waals surface area contributed by atoms with Crippen molar-refractivity contribution in [3.63, 3.8) is 0 Å². The molecule has 1 aromatic carbocycles. The summed E-state index contributed by atoms with van der Waals surface area (Å²) in [7, 11) is 2.76. The van der Waals surface area contributed by atoms with Gasteiger partial charge in [0.2, 0.25) is 11.6 Å². The van der Waals surface area contributed by atoms with Crippen LogP contribution in [0.5, 0.6) is 5.75 Å². The van der Waals surface area contributed by atoms with Crippen molar-refractivity contribution >= 4 is 23.3 Å². The zero-order chi connectivity index (χ0) is 24.8. The number of hydrogen-bond donors (Lipinski definition) is 6. The second kappa shape index (κ2) is 6.81. The van der Waals surface area contributed by atoms with Crippen molar-refractivity contribution in [3.05, 3.63) is 51.8 Å². The minimum atomic E-state index is -3.08. The predicted octanol–water partition coefficient (Wildman–Crippen LogP) is -1.81. The highest BCUT2D eigenvalue weighted by molar-refractivity contribution is 6.33. The van der Waals surface area contributed by atoms with Crippen molar-refractivity contribution < 1.29 is 44.7 Å². The average molecular weight is 458 g/mol. The van der Waals surface area contributed by atoms with Crippen LogP contribution in [0.4, 0.5) is 0 Å². The Morgan fingerprint density at radius 3 is 2.27 bits per heavy atom. The topological polar surface area (TPSA) is 199 Å². The number of aromatic hydroxyl groups is 1. The molecule has 0 fully saturated rings. The summed E-state index contributed by atoms with van der Waals surface area (Å²) in [5.41, 5.74) is -2.92. The Morgan fingerprint density at radius 2 is 1.73 bits per heavy atom. The molecule has 11 heteroatoms. The molecule has 11 nitrogen and oxygen atoms in total. The summed E-state index contributed by atoms with van der Waals surface area (Å²) in [5.74, 6) is -8.74. The van der Waals surface area contributed by atoms with Crippen LogP contribution in [0.2, 0.25) is 0 Å². The first-order valence-electron chi connectivity index (χ1n) is 9.94. The number of nitrogens with zero attached hydrogens (tertiary/aromatic N) is 1. The fourth-order valence-corrected chi connectivity index (χ4v) is 5.31. The van der Waals surface area contributed by atoms with Crippen LogP contribution in [0.25, 0.3) is 0 Å². The van der Waals surface area contributed by atoms with Gasteiger partial charge in [0.25, 0.3) is 5.91 Å². The van der Waals surface area contributed by atoms with Crippen molar-refractivity contribution in [1.82, 2.24) is 4.90 Å². The first-order chi connectivity index (χ1) is 15.2. The van der Waals surface area contributed by atoms with Gasteiger partial charge in [0.1, 0.15) is 22.7 Å². The number of benzene rings is 1. The third-order valence-electron chi connectivity index (χ3n) is 6.76. The van der Waals surface area contributed by atoms with E-state index in [9.17, 15) is 44.7 Å². The van der Waals surface area contributed by atoms with Gasteiger partial charge in [-0.05, 0) is 27.1 Å². The molecule has 0 aliphatic heterocycles. The van der Waals surface area contributed by atoms with E-state index >= 15 is 0 Å². The third kappa shape index (κ3) is 2.58. The highest BCUT2D eigenvalue weighted by Crippen LogP contribution is 2.53. The van der Waals surface area contributed by atoms with Gasteiger partial charge in [0, 0.05) is 11.1 Å². The number of phenols is 1. The van der Waals surface area contributed by atoms with E-state index in [1.165, 1.54) is 38.1 Å². The van der Waals surface area contributed by atoms with Crippen molar-refractivity contribution in [1.29, 1.82) is 0 Å². The van der Waals surface area contributed by atoms with E-state index in [1.54, 1.807) is 0 Å². The SMILES string of the molecule is CN(C)[C@@H]1C(=O)C(C(N)=O)=C(O)[C@@]2(O)C(=O)C3=C([C@H](O)[C@@H]12)[C@](C)(O)c1cccc(O)c1C3=O. The number of carbonyl (C=O) groups is 4. The molecule has 1 amide bonds. The second-order valence-corrected chi connectivity index (χ2v) is 8.82. The maximum absolute atomic E-state index is 13.6. The lowest BCUT2D eigenvalue weighted by molar-refractivity contribution is -0.160. The van der Waals surface area contributed by atoms with Crippen molar-refractivity contribution in [3.8, 4) is 5.75 Å². The molecule has 0 radical (unpaired) electrons. The van der Waals surface area contributed by atoms with Gasteiger partial charge in [0.05, 0.1) is 29.2 Å². The summed E-state index contributed by atoms with van der Waals surface area (Å²) >= 11 is 0. The first kappa shape index (κ1) is 22.8. The molecule has 0 unspecified atom stereocenters. The molecule has 7 N–H and O–H groups in total. The molecule has 3 aliphatic carbocycles. The smallest absolute Gasteiger partial charge is 0.255 e. The van der Waals surface area contributed by atoms with Gasteiger partial charge in [0.15, 0.2) is 11.4 Å². The fraction of sp³-hybridized carbons (Fsp3) is 0.364. The molecular formula is C22H22N2O9. The van der Waals surface area contributed by atoms with Crippen LogP contribution in [-0.4, -0.2) is 85.5 Å². The number of Topliss-reactive ketones (excluding diaryl/α,β-unsaturated/α-hetero) is 3. The monoisotopic (exact) mass is 458 g/mol. The minimum Gasteiger partial charge on any atom is -0.508 e. The lowest BCUT2D eigenvalue weighted by atomic mass is 9.56. The van der Waals surface area contributed by atoms with Crippen LogP contribution in [0.1, 0.15) is 22.8 Å². The number of hydrogen-bond acceptors (Lipinski definition) is 10. The molecule has 0 spiro atoms. The van der Waals surface area contributed by atoms with Gasteiger partial charge in [-0.3, -0.25) is 24.1 Å². The molecule has 1 aromatic rings. The number of aliphatic hydroxyl groups excluding tert-OH is 2. The van der Waals surface area contributed by atoms with Gasteiger partial charge < -0.3 is 31.3 Å². The molecule has 0 aromatic heterocycles. The van der Waals surface area contributed by atoms with Crippen LogP contribution in [0.15, 0.2) is 40.7 Å². The Labute approximate surface area is 187 Å². The Balaban J connectivity index is 2.10. The maximum Gasteiger partial charge on any atom is 0.255 e. The standard InChI is InChI=1S/C22H22N2O9/c1-21(32)7-5-4-6-8(25)9(7)15(26)10-12(21)17(28)13-14(24(2)3)16(27)11(20(23)31)19(30)22(13,33)18(10)29/h4-6,13-14,17,25,28,30,32-33H,1-3H3,(H2,23,31)/t13-,14+,17+,21-,22+/m1/s1. The minimum absolute atomic E-state index is 0.0929. The summed E-state index contributed by atoms with van der Waals surface area (Å²) in [6.07, 6.45) is -2.00. The number of rotatable bonds is 2. The van der Waals surface area contributed by atoms with Crippen molar-refractivity contribution in [2.24, 2.45) is 11.7 Å². The Kier molecular flexibility index (Phi) is 4.71. The van der Waals surface area contributed by atoms with Crippen molar-refractivity contribution in [2.45, 2.75) is 30.3 Å². The quantitative estimate of drug-likeness (QED) is 0.275. The molecule has 0 heterocycles. The Morgan fingerprint density at radius 1 is 1.12 bits per heavy atom. The van der Waals surface area contributed by atoms with Gasteiger partial charge >= 0.3 is 0 Å². The predicted molar refractivity (Wildman–Crippen MR) is 110 cm³/mol. The molecule has 4 rings (SSSR count). The zero-order valence-electron chi connectivity index (χ0n) is 17.9. The van der Waals surface area contributed by atoms with Gasteiger partial charge in [-0.15, -0.1) is 0 Å². The fourth-order valence-electron chi connectivity index (χ4n) is 5.31. The number of aliphatic hydroxyl groups is 4. The number of likely N-dealkylation sites (N-methyl/N-ethyl adjacent to an activating group) is 1. The summed E-state index contributed by atoms with van der Waals surface area (Å²) in [5, 5.41) is 55.1. The van der Waals surface area contributed by atoms with E-state index in [0.717, 1.165) is 6.07 Å². The van der Waals surface area contributed by atoms with E-state index in [0.29, 0.717) is 0 Å². The largest absolute Gasteiger partial charge is 0.508 e. The van der Waals surface area contributed by atoms with Crippen LogP contribution in [0.3, 0.4) is 0 Å². The summed E-state index contributed by atoms with van der Waals surface area (Å²) in [6.45, 7) is 1.19. The molecule has 3 aliphatic rings. The lowest BCUT2D eigenvalue weighted by Gasteiger charge is -2.52. The van der Waals surface area contributed by atoms with Crippen LogP contribution in [-0.2, 0) is 20.0 Å². The summed E-state index contributed by atoms with van der Waals surface area (Å²) in [6, 6.07) is 2.31. The molecule has 174 valence electrons. The molecule has 33 heavy (non-hydrogen) atoms. The number of ketones is 3. The number of amides is 1. The molecule has 0 saturated carbocycles. The first-order valence-corrected chi connectivity index (χ1v) is 9.94. The van der Waals surface area contributed by atoms with Crippen LogP contribution < -0.4 is 5.73 Å². The number of carbonyl (C=O) groups excluding carboxylic acids is 4. The van der Waals surface area contributed by atoms with Crippen LogP contribution in [0, 0.1) is 5.92 Å². The number of phenolic OH excluding ortho intramolecular Hbond substituents is 1. The van der Waals surface area contributed by atoms with E-state index in [4.69, 9.17) is 5.73 Å². The van der Waals surface area contributed by atoms with Gasteiger partial charge in [-0.1, -0.05) is 12.1 Å². The normalized spacial score (nSPS) is 33.8. The molecule has 0 saturated heterocycles. The highest BCUT2D eigenvalue weighted by Gasteiger charge is 2.68. The summed E-state index contributed by atoms with van der Waals surface area (Å²) in [4.78, 5) is 53.1. The van der Waals surface area contributed by atoms with Gasteiger partial charge in [-0.25, -0.2) is 0 Å². The van der Waals surface area contributed by atoms with E-state index in [1.807, 2.05) is 0 Å². The van der Waals surface area contributed by atoms with Gasteiger partial charge in [-0.2, -0.15) is 0 Å². The second-order valence-electron chi connectivity index (χ2n) is 8.82. The number of primary amides is 1. The third-order valence-corrected chi connectivity index (χ3v) is 6.76. The molecule has 0 bridgehead atoms. The lowest BCUT2D eigenvalue weighted by Crippen LogP contribution is -2.69. The van der Waals surface area contributed by atoms with E-state index in [2.05, 4.69) is 0 Å². The average Bonchev–Trinajstić information content (AvgIpc) is 2.70. The van der Waals surface area contributed by atoms with E-state index < -0.39 is 86.3 Å². The van der Waals surface area contributed by atoms with Crippen LogP contribution >= 0.6 is 0 Å². The zero-order valence-corrected chi connectivity index (χ0v) is 17.9. The summed E-state index contributed by atoms with van der Waals surface area (Å²) < 4.78 is 0. The maximum atomic E-state index is 13.6.